The second-order valence-electron chi connectivity index (χ2n) is 3.47. The van der Waals surface area contributed by atoms with Crippen LogP contribution in [0.5, 0.6) is 5.75 Å². The van der Waals surface area contributed by atoms with E-state index in [0.29, 0.717) is 5.56 Å². The van der Waals surface area contributed by atoms with Gasteiger partial charge in [-0.3, -0.25) is 20.2 Å². The number of hydrogen-bond acceptors (Lipinski definition) is 5. The highest BCUT2D eigenvalue weighted by Gasteiger charge is 2.23. The van der Waals surface area contributed by atoms with Crippen LogP contribution in [0, 0.1) is 10.1 Å². The topological polar surface area (TPSA) is 122 Å². The molecule has 18 heavy (non-hydrogen) atoms. The second kappa shape index (κ2) is 4.17. The van der Waals surface area contributed by atoms with E-state index < -0.39 is 28.3 Å². The van der Waals surface area contributed by atoms with Crippen molar-refractivity contribution < 1.29 is 19.6 Å². The quantitative estimate of drug-likeness (QED) is 0.304. The fraction of sp³-hybridized carbons (Fsp3) is 0. The van der Waals surface area contributed by atoms with Crippen LogP contribution in [-0.4, -0.2) is 22.0 Å². The number of urea groups is 1. The Balaban J connectivity index is 2.38. The maximum Gasteiger partial charge on any atom is 0.326 e. The van der Waals surface area contributed by atoms with Crippen molar-refractivity contribution >= 4 is 23.7 Å². The van der Waals surface area contributed by atoms with Crippen LogP contribution in [-0.2, 0) is 4.79 Å². The van der Waals surface area contributed by atoms with E-state index in [-0.39, 0.29) is 5.70 Å². The van der Waals surface area contributed by atoms with Gasteiger partial charge >= 0.3 is 11.7 Å². The predicted octanol–water partition coefficient (Wildman–Crippen LogP) is 0.481. The number of nitro groups is 1. The summed E-state index contributed by atoms with van der Waals surface area (Å²) in [5.74, 6) is -1.09. The number of benzene rings is 1. The first-order valence-corrected chi connectivity index (χ1v) is 4.79. The molecule has 1 aliphatic heterocycles. The van der Waals surface area contributed by atoms with Crippen molar-refractivity contribution in [2.24, 2.45) is 0 Å². The molecule has 1 heterocycles. The number of rotatable bonds is 2. The van der Waals surface area contributed by atoms with Crippen molar-refractivity contribution in [3.63, 3.8) is 0 Å². The van der Waals surface area contributed by atoms with Crippen molar-refractivity contribution in [3.8, 4) is 5.75 Å². The van der Waals surface area contributed by atoms with Gasteiger partial charge in [-0.15, -0.1) is 0 Å². The number of carbonyl (C=O) groups is 2. The van der Waals surface area contributed by atoms with Gasteiger partial charge in [0.25, 0.3) is 5.91 Å². The van der Waals surface area contributed by atoms with Gasteiger partial charge < -0.3 is 10.4 Å². The third-order valence-electron chi connectivity index (χ3n) is 2.23. The number of nitrogens with one attached hydrogen (secondary N) is 2. The molecule has 0 radical (unpaired) electrons. The highest BCUT2D eigenvalue weighted by Crippen LogP contribution is 2.27. The number of hydrogen-bond donors (Lipinski definition) is 3. The van der Waals surface area contributed by atoms with Crippen molar-refractivity contribution in [1.29, 1.82) is 0 Å². The van der Waals surface area contributed by atoms with Gasteiger partial charge in [-0.2, -0.15) is 0 Å². The van der Waals surface area contributed by atoms with Gasteiger partial charge in [0.2, 0.25) is 0 Å². The predicted molar refractivity (Wildman–Crippen MR) is 59.4 cm³/mol. The van der Waals surface area contributed by atoms with Gasteiger partial charge in [-0.05, 0) is 17.7 Å². The third-order valence-corrected chi connectivity index (χ3v) is 2.23. The lowest BCUT2D eigenvalue weighted by atomic mass is 10.1. The Bertz CT molecular complexity index is 593. The van der Waals surface area contributed by atoms with Gasteiger partial charge in [0.05, 0.1) is 4.92 Å². The highest BCUT2D eigenvalue weighted by molar-refractivity contribution is 6.14. The number of aromatic hydroxyl groups is 1. The van der Waals surface area contributed by atoms with Crippen molar-refractivity contribution in [1.82, 2.24) is 10.6 Å². The first kappa shape index (κ1) is 11.6. The standard InChI is InChI=1S/C10H7N3O5/c14-8-2-1-5(4-7(8)13(17)18)3-6-9(15)12-10(16)11-6/h1-4,14H,(H2,11,12,15,16)/b6-3+. The SMILES string of the molecule is O=C1NC(=O)/C(=C\c2ccc(O)c([N+](=O)[O-])c2)N1. The number of imide groups is 1. The molecule has 1 aromatic carbocycles. The Hall–Kier alpha value is -2.90. The number of phenolic OH excluding ortho intramolecular Hbond substituents is 1. The molecule has 0 atom stereocenters. The minimum atomic E-state index is -0.745. The summed E-state index contributed by atoms with van der Waals surface area (Å²) in [6, 6.07) is 2.96. The molecule has 3 N–H and O–H groups in total. The summed E-state index contributed by atoms with van der Waals surface area (Å²) in [6.45, 7) is 0. The zero-order valence-corrected chi connectivity index (χ0v) is 8.84. The van der Waals surface area contributed by atoms with Crippen molar-refractivity contribution in [2.75, 3.05) is 0 Å². The highest BCUT2D eigenvalue weighted by atomic mass is 16.6. The Morgan fingerprint density at radius 3 is 2.56 bits per heavy atom. The number of phenols is 1. The molecular formula is C10H7N3O5. The molecule has 8 heteroatoms. The van der Waals surface area contributed by atoms with E-state index in [1.165, 1.54) is 12.1 Å². The van der Waals surface area contributed by atoms with E-state index in [2.05, 4.69) is 5.32 Å². The lowest BCUT2D eigenvalue weighted by Gasteiger charge is -1.98. The molecule has 0 saturated carbocycles. The zero-order chi connectivity index (χ0) is 13.3. The Kier molecular flexibility index (Phi) is 2.68. The lowest BCUT2D eigenvalue weighted by molar-refractivity contribution is -0.385. The summed E-state index contributed by atoms with van der Waals surface area (Å²) in [4.78, 5) is 31.9. The molecule has 1 aliphatic rings. The molecule has 1 aromatic rings. The maximum atomic E-state index is 11.2. The molecule has 0 unspecified atom stereocenters. The molecule has 1 saturated heterocycles. The summed E-state index contributed by atoms with van der Waals surface area (Å²) in [5.41, 5.74) is -0.180. The average molecular weight is 249 g/mol. The monoisotopic (exact) mass is 249 g/mol. The average Bonchev–Trinajstić information content (AvgIpc) is 2.60. The zero-order valence-electron chi connectivity index (χ0n) is 8.84. The largest absolute Gasteiger partial charge is 0.502 e. The van der Waals surface area contributed by atoms with Crippen LogP contribution in [0.3, 0.4) is 0 Å². The fourth-order valence-electron chi connectivity index (χ4n) is 1.43. The van der Waals surface area contributed by atoms with Crippen molar-refractivity contribution in [3.05, 3.63) is 39.6 Å². The summed E-state index contributed by atoms with van der Waals surface area (Å²) in [6.07, 6.45) is 1.27. The summed E-state index contributed by atoms with van der Waals surface area (Å²) in [7, 11) is 0. The molecule has 8 nitrogen and oxygen atoms in total. The maximum absolute atomic E-state index is 11.2. The van der Waals surface area contributed by atoms with Gasteiger partial charge in [-0.25, -0.2) is 4.79 Å². The van der Waals surface area contributed by atoms with Crippen LogP contribution in [0.4, 0.5) is 10.5 Å². The van der Waals surface area contributed by atoms with E-state index in [1.807, 2.05) is 5.32 Å². The Morgan fingerprint density at radius 2 is 2.00 bits per heavy atom. The number of amides is 3. The van der Waals surface area contributed by atoms with Crippen LogP contribution >= 0.6 is 0 Å². The minimum absolute atomic E-state index is 0.0139. The van der Waals surface area contributed by atoms with Crippen LogP contribution in [0.1, 0.15) is 5.56 Å². The molecule has 92 valence electrons. The first-order chi connectivity index (χ1) is 8.47. The summed E-state index contributed by atoms with van der Waals surface area (Å²) < 4.78 is 0. The third kappa shape index (κ3) is 2.12. The van der Waals surface area contributed by atoms with Gasteiger partial charge in [0, 0.05) is 6.07 Å². The Labute approximate surface area is 100 Å². The molecule has 2 rings (SSSR count). The van der Waals surface area contributed by atoms with Gasteiger partial charge in [0.1, 0.15) is 5.70 Å². The molecule has 1 fully saturated rings. The van der Waals surface area contributed by atoms with Crippen LogP contribution < -0.4 is 10.6 Å². The molecule has 0 bridgehead atoms. The van der Waals surface area contributed by atoms with E-state index in [0.717, 1.165) is 12.1 Å². The van der Waals surface area contributed by atoms with Crippen LogP contribution in [0.25, 0.3) is 6.08 Å². The molecule has 0 aromatic heterocycles. The Morgan fingerprint density at radius 1 is 1.28 bits per heavy atom. The van der Waals surface area contributed by atoms with E-state index >= 15 is 0 Å². The normalized spacial score (nSPS) is 16.6. The number of carbonyl (C=O) groups excluding carboxylic acids is 2. The molecule has 3 amide bonds. The molecule has 0 spiro atoms. The molecule has 0 aliphatic carbocycles. The first-order valence-electron chi connectivity index (χ1n) is 4.79. The van der Waals surface area contributed by atoms with Crippen LogP contribution in [0.15, 0.2) is 23.9 Å². The van der Waals surface area contributed by atoms with Gasteiger partial charge in [0.15, 0.2) is 5.75 Å². The number of nitrogens with zero attached hydrogens (tertiary/aromatic N) is 1. The molecular weight excluding hydrogens is 242 g/mol. The van der Waals surface area contributed by atoms with E-state index in [1.54, 1.807) is 0 Å². The fourth-order valence-corrected chi connectivity index (χ4v) is 1.43. The number of nitro benzene ring substituents is 1. The lowest BCUT2D eigenvalue weighted by Crippen LogP contribution is -2.22. The smallest absolute Gasteiger partial charge is 0.326 e. The van der Waals surface area contributed by atoms with E-state index in [9.17, 15) is 24.8 Å². The minimum Gasteiger partial charge on any atom is -0.502 e. The van der Waals surface area contributed by atoms with E-state index in [4.69, 9.17) is 0 Å². The van der Waals surface area contributed by atoms with Crippen LogP contribution in [0.2, 0.25) is 0 Å². The second-order valence-corrected chi connectivity index (χ2v) is 3.47. The van der Waals surface area contributed by atoms with Crippen molar-refractivity contribution in [2.45, 2.75) is 0 Å². The van der Waals surface area contributed by atoms with Gasteiger partial charge in [-0.1, -0.05) is 6.07 Å². The summed E-state index contributed by atoms with van der Waals surface area (Å²) in [5, 5.41) is 24.1. The summed E-state index contributed by atoms with van der Waals surface area (Å²) >= 11 is 0.